The van der Waals surface area contributed by atoms with Gasteiger partial charge in [0.15, 0.2) is 0 Å². The number of hydrogen-bond acceptors (Lipinski definition) is 4. The highest BCUT2D eigenvalue weighted by atomic mass is 16.3. The molecule has 0 aliphatic heterocycles. The first kappa shape index (κ1) is 16.0. The minimum Gasteiger partial charge on any atom is -0.508 e. The van der Waals surface area contributed by atoms with Gasteiger partial charge in [0.2, 0.25) is 0 Å². The van der Waals surface area contributed by atoms with Gasteiger partial charge in [0.25, 0.3) is 0 Å². The van der Waals surface area contributed by atoms with E-state index in [-0.39, 0.29) is 12.4 Å². The van der Waals surface area contributed by atoms with Crippen molar-refractivity contribution in [2.45, 2.75) is 44.7 Å². The SMILES string of the molecule is OCc1cc(CC(O)N(Cc2ccccc2)C2CC2)ccc1O. The van der Waals surface area contributed by atoms with Gasteiger partial charge in [-0.3, -0.25) is 4.90 Å². The third-order valence-electron chi connectivity index (χ3n) is 4.34. The lowest BCUT2D eigenvalue weighted by Crippen LogP contribution is -2.38. The van der Waals surface area contributed by atoms with Gasteiger partial charge in [-0.25, -0.2) is 0 Å². The van der Waals surface area contributed by atoms with Crippen LogP contribution in [0.5, 0.6) is 5.75 Å². The molecule has 1 atom stereocenters. The smallest absolute Gasteiger partial charge is 0.121 e. The van der Waals surface area contributed by atoms with Crippen molar-refractivity contribution in [2.24, 2.45) is 0 Å². The normalized spacial score (nSPS) is 15.8. The molecule has 0 saturated heterocycles. The van der Waals surface area contributed by atoms with Crippen LogP contribution in [0.2, 0.25) is 0 Å². The van der Waals surface area contributed by atoms with Crippen LogP contribution in [0.25, 0.3) is 0 Å². The Labute approximate surface area is 136 Å². The average Bonchev–Trinajstić information content (AvgIpc) is 3.40. The Morgan fingerprint density at radius 3 is 2.43 bits per heavy atom. The maximum atomic E-state index is 10.7. The van der Waals surface area contributed by atoms with Gasteiger partial charge in [0.05, 0.1) is 6.61 Å². The summed E-state index contributed by atoms with van der Waals surface area (Å²) in [6.45, 7) is 0.531. The lowest BCUT2D eigenvalue weighted by Gasteiger charge is -2.28. The maximum Gasteiger partial charge on any atom is 0.121 e. The second-order valence-electron chi connectivity index (χ2n) is 6.20. The Morgan fingerprint density at radius 2 is 1.78 bits per heavy atom. The van der Waals surface area contributed by atoms with E-state index in [2.05, 4.69) is 17.0 Å². The number of aliphatic hydroxyl groups excluding tert-OH is 2. The van der Waals surface area contributed by atoms with E-state index >= 15 is 0 Å². The van der Waals surface area contributed by atoms with E-state index in [1.54, 1.807) is 18.2 Å². The van der Waals surface area contributed by atoms with Gasteiger partial charge in [0, 0.05) is 24.6 Å². The molecule has 2 aromatic carbocycles. The zero-order valence-electron chi connectivity index (χ0n) is 13.1. The molecule has 2 aromatic rings. The van der Waals surface area contributed by atoms with Crippen LogP contribution < -0.4 is 0 Å². The average molecular weight is 313 g/mol. The zero-order valence-corrected chi connectivity index (χ0v) is 13.1. The zero-order chi connectivity index (χ0) is 16.2. The molecule has 23 heavy (non-hydrogen) atoms. The molecule has 1 aliphatic rings. The van der Waals surface area contributed by atoms with Crippen LogP contribution in [0.4, 0.5) is 0 Å². The number of aromatic hydroxyl groups is 1. The number of phenols is 1. The summed E-state index contributed by atoms with van der Waals surface area (Å²) in [7, 11) is 0. The summed E-state index contributed by atoms with van der Waals surface area (Å²) in [4.78, 5) is 2.14. The summed E-state index contributed by atoms with van der Waals surface area (Å²) in [6, 6.07) is 15.7. The van der Waals surface area contributed by atoms with E-state index in [9.17, 15) is 15.3 Å². The van der Waals surface area contributed by atoms with Crippen molar-refractivity contribution in [3.05, 3.63) is 65.2 Å². The van der Waals surface area contributed by atoms with Gasteiger partial charge in [-0.15, -0.1) is 0 Å². The Bertz CT molecular complexity index is 640. The molecule has 0 amide bonds. The lowest BCUT2D eigenvalue weighted by atomic mass is 10.1. The number of benzene rings is 2. The number of hydrogen-bond donors (Lipinski definition) is 3. The third kappa shape index (κ3) is 4.10. The number of rotatable bonds is 7. The van der Waals surface area contributed by atoms with Crippen LogP contribution in [0, 0.1) is 0 Å². The second-order valence-corrected chi connectivity index (χ2v) is 6.20. The largest absolute Gasteiger partial charge is 0.508 e. The van der Waals surface area contributed by atoms with Gasteiger partial charge >= 0.3 is 0 Å². The third-order valence-corrected chi connectivity index (χ3v) is 4.34. The van der Waals surface area contributed by atoms with E-state index in [0.29, 0.717) is 18.0 Å². The van der Waals surface area contributed by atoms with Gasteiger partial charge in [-0.2, -0.15) is 0 Å². The molecule has 122 valence electrons. The summed E-state index contributed by atoms with van der Waals surface area (Å²) in [5.74, 6) is 0.0917. The molecule has 3 N–H and O–H groups in total. The Hall–Kier alpha value is -1.88. The first-order valence-corrected chi connectivity index (χ1v) is 8.06. The minimum atomic E-state index is -0.571. The van der Waals surface area contributed by atoms with Crippen LogP contribution >= 0.6 is 0 Å². The molecule has 0 spiro atoms. The lowest BCUT2D eigenvalue weighted by molar-refractivity contribution is -0.00777. The van der Waals surface area contributed by atoms with Crippen LogP contribution in [-0.4, -0.2) is 32.5 Å². The van der Waals surface area contributed by atoms with Crippen LogP contribution in [-0.2, 0) is 19.6 Å². The number of nitrogens with zero attached hydrogens (tertiary/aromatic N) is 1. The number of aliphatic hydroxyl groups is 2. The van der Waals surface area contributed by atoms with Gasteiger partial charge in [-0.05, 0) is 36.1 Å². The second kappa shape index (κ2) is 7.13. The van der Waals surface area contributed by atoms with E-state index < -0.39 is 6.23 Å². The van der Waals surface area contributed by atoms with E-state index in [1.807, 2.05) is 18.2 Å². The van der Waals surface area contributed by atoms with Crippen LogP contribution in [0.3, 0.4) is 0 Å². The van der Waals surface area contributed by atoms with Crippen molar-refractivity contribution in [3.63, 3.8) is 0 Å². The molecule has 1 fully saturated rings. The van der Waals surface area contributed by atoms with Crippen molar-refractivity contribution in [3.8, 4) is 5.75 Å². The summed E-state index contributed by atoms with van der Waals surface area (Å²) in [5.41, 5.74) is 2.61. The first-order chi connectivity index (χ1) is 11.2. The van der Waals surface area contributed by atoms with Crippen LogP contribution in [0.15, 0.2) is 48.5 Å². The summed E-state index contributed by atoms with van der Waals surface area (Å²) < 4.78 is 0. The molecule has 0 bridgehead atoms. The fourth-order valence-electron chi connectivity index (χ4n) is 2.90. The van der Waals surface area contributed by atoms with Crippen molar-refractivity contribution in [2.75, 3.05) is 0 Å². The molecule has 1 saturated carbocycles. The quantitative estimate of drug-likeness (QED) is 0.687. The monoisotopic (exact) mass is 313 g/mol. The van der Waals surface area contributed by atoms with Crippen LogP contribution in [0.1, 0.15) is 29.5 Å². The molecule has 0 radical (unpaired) electrons. The Morgan fingerprint density at radius 1 is 1.04 bits per heavy atom. The molecule has 4 heteroatoms. The molecule has 4 nitrogen and oxygen atoms in total. The molecule has 1 aliphatic carbocycles. The minimum absolute atomic E-state index is 0.0917. The fourth-order valence-corrected chi connectivity index (χ4v) is 2.90. The van der Waals surface area contributed by atoms with Gasteiger partial charge < -0.3 is 15.3 Å². The fraction of sp³-hybridized carbons (Fsp3) is 0.368. The van der Waals surface area contributed by atoms with Crippen molar-refractivity contribution in [1.82, 2.24) is 4.90 Å². The highest BCUT2D eigenvalue weighted by molar-refractivity contribution is 5.35. The molecular formula is C19H23NO3. The summed E-state index contributed by atoms with van der Waals surface area (Å²) in [6.07, 6.45) is 2.16. The maximum absolute atomic E-state index is 10.7. The highest BCUT2D eigenvalue weighted by Crippen LogP contribution is 2.31. The van der Waals surface area contributed by atoms with Gasteiger partial charge in [-0.1, -0.05) is 36.4 Å². The molecular weight excluding hydrogens is 290 g/mol. The predicted molar refractivity (Wildman–Crippen MR) is 88.7 cm³/mol. The summed E-state index contributed by atoms with van der Waals surface area (Å²) >= 11 is 0. The molecule has 1 unspecified atom stereocenters. The van der Waals surface area contributed by atoms with Crippen molar-refractivity contribution < 1.29 is 15.3 Å². The standard InChI is InChI=1S/C19H23NO3/c21-13-16-10-15(6-9-18(16)22)11-19(23)20(17-7-8-17)12-14-4-2-1-3-5-14/h1-6,9-10,17,19,21-23H,7-8,11-13H2. The predicted octanol–water partition coefficient (Wildman–Crippen LogP) is 2.41. The van der Waals surface area contributed by atoms with E-state index in [0.717, 1.165) is 24.9 Å². The van der Waals surface area contributed by atoms with Gasteiger partial charge in [0.1, 0.15) is 12.0 Å². The van der Waals surface area contributed by atoms with E-state index in [4.69, 9.17) is 0 Å². The Kier molecular flexibility index (Phi) is 4.96. The van der Waals surface area contributed by atoms with Crippen molar-refractivity contribution >= 4 is 0 Å². The highest BCUT2D eigenvalue weighted by Gasteiger charge is 2.33. The molecule has 0 heterocycles. The molecule has 3 rings (SSSR count). The summed E-state index contributed by atoms with van der Waals surface area (Å²) in [5, 5.41) is 29.6. The molecule has 0 aromatic heterocycles. The Balaban J connectivity index is 1.70. The topological polar surface area (TPSA) is 63.9 Å². The van der Waals surface area contributed by atoms with E-state index in [1.165, 1.54) is 5.56 Å². The van der Waals surface area contributed by atoms with Crippen molar-refractivity contribution in [1.29, 1.82) is 0 Å². The first-order valence-electron chi connectivity index (χ1n) is 8.06.